The number of fused-ring (bicyclic) bond motifs is 4. The molecule has 216 valence electrons. The van der Waals surface area contributed by atoms with E-state index in [1.165, 1.54) is 14.2 Å². The minimum absolute atomic E-state index is 0.0296. The number of rotatable bonds is 8. The van der Waals surface area contributed by atoms with Crippen molar-refractivity contribution < 1.29 is 38.0 Å². The zero-order valence-electron chi connectivity index (χ0n) is 23.4. The number of benzene rings is 3. The minimum atomic E-state index is -0.380. The average Bonchev–Trinajstić information content (AvgIpc) is 3.73. The van der Waals surface area contributed by atoms with Crippen molar-refractivity contribution in [1.82, 2.24) is 4.98 Å². The first-order valence-corrected chi connectivity index (χ1v) is 14.1. The standard InChI is InChI=1S/C33H31NO8/c1-37-27-12-20(30-23-14-26-25(40-17-41-26)11-19(23)10-21-16-39-33(36)31(21)30)13-28(38-2)32(27)42-29(35)9-5-6-18-15-34-24-8-4-3-7-22(18)24/h3-4,7-8,11-15,21,30-31,34H,5-6,9-10,16-17H2,1-2H3/t21-,30+,31-/m0/s1. The molecule has 0 amide bonds. The fraction of sp³-hybridized carbons (Fsp3) is 0.333. The summed E-state index contributed by atoms with van der Waals surface area (Å²) in [6.45, 7) is 0.539. The summed E-state index contributed by atoms with van der Waals surface area (Å²) < 4.78 is 34.1. The second-order valence-corrected chi connectivity index (χ2v) is 10.9. The van der Waals surface area contributed by atoms with E-state index in [9.17, 15) is 9.59 Å². The number of hydrogen-bond acceptors (Lipinski definition) is 8. The van der Waals surface area contributed by atoms with Gasteiger partial charge in [0, 0.05) is 35.4 Å². The van der Waals surface area contributed by atoms with E-state index in [-0.39, 0.29) is 48.7 Å². The molecule has 4 aromatic rings. The Kier molecular flexibility index (Phi) is 6.64. The number of cyclic esters (lactones) is 1. The number of ether oxygens (including phenoxy) is 6. The van der Waals surface area contributed by atoms with Crippen LogP contribution in [0.5, 0.6) is 28.7 Å². The predicted molar refractivity (Wildman–Crippen MR) is 152 cm³/mol. The highest BCUT2D eigenvalue weighted by atomic mass is 16.7. The number of carbonyl (C=O) groups excluding carboxylic acids is 2. The third-order valence-electron chi connectivity index (χ3n) is 8.59. The number of methoxy groups -OCH3 is 2. The average molecular weight is 570 g/mol. The molecule has 9 heteroatoms. The van der Waals surface area contributed by atoms with Crippen LogP contribution in [0.3, 0.4) is 0 Å². The van der Waals surface area contributed by atoms with Gasteiger partial charge in [-0.1, -0.05) is 18.2 Å². The second-order valence-electron chi connectivity index (χ2n) is 10.9. The monoisotopic (exact) mass is 569 g/mol. The van der Waals surface area contributed by atoms with Crippen molar-refractivity contribution in [3.05, 3.63) is 77.0 Å². The minimum Gasteiger partial charge on any atom is -0.493 e. The number of para-hydroxylation sites is 1. The van der Waals surface area contributed by atoms with E-state index in [2.05, 4.69) is 11.1 Å². The zero-order valence-corrected chi connectivity index (χ0v) is 23.4. The highest BCUT2D eigenvalue weighted by molar-refractivity contribution is 5.83. The van der Waals surface area contributed by atoms with Gasteiger partial charge in [-0.15, -0.1) is 0 Å². The topological polar surface area (TPSA) is 105 Å². The summed E-state index contributed by atoms with van der Waals surface area (Å²) in [5, 5.41) is 1.16. The van der Waals surface area contributed by atoms with Crippen LogP contribution in [0.1, 0.15) is 41.0 Å². The molecule has 0 radical (unpaired) electrons. The smallest absolute Gasteiger partial charge is 0.311 e. The lowest BCUT2D eigenvalue weighted by Crippen LogP contribution is -2.31. The highest BCUT2D eigenvalue weighted by Crippen LogP contribution is 2.52. The Morgan fingerprint density at radius 1 is 1.00 bits per heavy atom. The molecular weight excluding hydrogens is 538 g/mol. The lowest BCUT2D eigenvalue weighted by atomic mass is 9.67. The zero-order chi connectivity index (χ0) is 28.8. The summed E-state index contributed by atoms with van der Waals surface area (Å²) in [5.41, 5.74) is 5.11. The van der Waals surface area contributed by atoms with Crippen LogP contribution < -0.4 is 23.7 Å². The molecule has 9 nitrogen and oxygen atoms in total. The van der Waals surface area contributed by atoms with Crippen molar-refractivity contribution in [3.63, 3.8) is 0 Å². The van der Waals surface area contributed by atoms with Gasteiger partial charge in [0.1, 0.15) is 0 Å². The van der Waals surface area contributed by atoms with Crippen molar-refractivity contribution in [1.29, 1.82) is 0 Å². The molecule has 1 fully saturated rings. The molecule has 42 heavy (non-hydrogen) atoms. The highest BCUT2D eigenvalue weighted by Gasteiger charge is 2.48. The lowest BCUT2D eigenvalue weighted by Gasteiger charge is -2.34. The van der Waals surface area contributed by atoms with E-state index in [1.54, 1.807) is 0 Å². The number of aromatic amines is 1. The van der Waals surface area contributed by atoms with Gasteiger partial charge >= 0.3 is 11.9 Å². The third-order valence-corrected chi connectivity index (χ3v) is 8.59. The molecule has 3 aromatic carbocycles. The lowest BCUT2D eigenvalue weighted by molar-refractivity contribution is -0.141. The van der Waals surface area contributed by atoms with Crippen LogP contribution in [0.15, 0.2) is 54.7 Å². The van der Waals surface area contributed by atoms with Gasteiger partial charge in [0.25, 0.3) is 0 Å². The molecule has 1 aromatic heterocycles. The Labute approximate surface area is 242 Å². The quantitative estimate of drug-likeness (QED) is 0.225. The molecule has 0 bridgehead atoms. The fourth-order valence-electron chi connectivity index (χ4n) is 6.61. The van der Waals surface area contributed by atoms with E-state index >= 15 is 0 Å². The molecule has 2 aliphatic heterocycles. The van der Waals surface area contributed by atoms with Gasteiger partial charge < -0.3 is 33.4 Å². The van der Waals surface area contributed by atoms with Gasteiger partial charge in [0.05, 0.1) is 26.7 Å². The Balaban J connectivity index is 1.16. The molecule has 1 N–H and O–H groups in total. The maximum atomic E-state index is 13.0. The molecule has 1 saturated heterocycles. The van der Waals surface area contributed by atoms with Gasteiger partial charge in [0.2, 0.25) is 12.5 Å². The number of H-pyrrole nitrogens is 1. The first-order chi connectivity index (χ1) is 20.5. The van der Waals surface area contributed by atoms with Crippen LogP contribution in [0.2, 0.25) is 0 Å². The normalized spacial score (nSPS) is 20.1. The van der Waals surface area contributed by atoms with Crippen LogP contribution in [0, 0.1) is 11.8 Å². The molecule has 7 rings (SSSR count). The van der Waals surface area contributed by atoms with Crippen molar-refractivity contribution in [2.45, 2.75) is 31.6 Å². The third kappa shape index (κ3) is 4.49. The van der Waals surface area contributed by atoms with Crippen LogP contribution in [-0.4, -0.2) is 44.5 Å². The molecule has 3 heterocycles. The molecule has 0 saturated carbocycles. The summed E-state index contributed by atoms with van der Waals surface area (Å²) in [7, 11) is 3.04. The molecule has 1 aliphatic carbocycles. The van der Waals surface area contributed by atoms with Gasteiger partial charge in [0.15, 0.2) is 23.0 Å². The SMILES string of the molecule is COc1cc([C@@H]2c3cc4c(cc3C[C@H]3COC(=O)[C@@H]32)OCO4)cc(OC)c1OC(=O)CCCc1c[nH]c2ccccc12. The molecule has 0 unspecified atom stereocenters. The maximum Gasteiger partial charge on any atom is 0.311 e. The Morgan fingerprint density at radius 2 is 1.76 bits per heavy atom. The first kappa shape index (κ1) is 26.3. The van der Waals surface area contributed by atoms with Crippen LogP contribution in [0.4, 0.5) is 0 Å². The first-order valence-electron chi connectivity index (χ1n) is 14.1. The second kappa shape index (κ2) is 10.6. The number of aryl methyl sites for hydroxylation is 1. The summed E-state index contributed by atoms with van der Waals surface area (Å²) in [4.78, 5) is 29.2. The molecule has 0 spiro atoms. The van der Waals surface area contributed by atoms with Crippen LogP contribution in [-0.2, 0) is 27.2 Å². The number of carbonyl (C=O) groups is 2. The van der Waals surface area contributed by atoms with E-state index < -0.39 is 0 Å². The van der Waals surface area contributed by atoms with Crippen molar-refractivity contribution in [2.24, 2.45) is 11.8 Å². The van der Waals surface area contributed by atoms with Crippen LogP contribution in [0.25, 0.3) is 10.9 Å². The number of nitrogens with one attached hydrogen (secondary N) is 1. The van der Waals surface area contributed by atoms with Crippen molar-refractivity contribution in [3.8, 4) is 28.7 Å². The largest absolute Gasteiger partial charge is 0.493 e. The van der Waals surface area contributed by atoms with Crippen molar-refractivity contribution >= 4 is 22.8 Å². The number of hydrogen-bond donors (Lipinski definition) is 1. The van der Waals surface area contributed by atoms with Gasteiger partial charge in [-0.3, -0.25) is 9.59 Å². The summed E-state index contributed by atoms with van der Waals surface area (Å²) in [5.74, 6) is 1.01. The Bertz CT molecular complexity index is 1670. The van der Waals surface area contributed by atoms with Gasteiger partial charge in [-0.05, 0) is 71.8 Å². The van der Waals surface area contributed by atoms with Crippen LogP contribution >= 0.6 is 0 Å². The number of esters is 2. The van der Waals surface area contributed by atoms with Gasteiger partial charge in [-0.2, -0.15) is 0 Å². The van der Waals surface area contributed by atoms with E-state index in [0.717, 1.165) is 39.6 Å². The van der Waals surface area contributed by atoms with E-state index in [0.29, 0.717) is 42.4 Å². The van der Waals surface area contributed by atoms with E-state index in [1.807, 2.05) is 48.7 Å². The molecular formula is C33H31NO8. The van der Waals surface area contributed by atoms with Crippen molar-refractivity contribution in [2.75, 3.05) is 27.6 Å². The summed E-state index contributed by atoms with van der Waals surface area (Å²) in [6.07, 6.45) is 4.30. The Hall–Kier alpha value is -4.66. The predicted octanol–water partition coefficient (Wildman–Crippen LogP) is 5.32. The maximum absolute atomic E-state index is 13.0. The summed E-state index contributed by atoms with van der Waals surface area (Å²) in [6, 6.07) is 15.7. The van der Waals surface area contributed by atoms with Gasteiger partial charge in [-0.25, -0.2) is 0 Å². The number of aromatic nitrogens is 1. The molecule has 3 atom stereocenters. The fourth-order valence-corrected chi connectivity index (χ4v) is 6.61. The van der Waals surface area contributed by atoms with E-state index in [4.69, 9.17) is 28.4 Å². The summed E-state index contributed by atoms with van der Waals surface area (Å²) >= 11 is 0. The molecule has 3 aliphatic rings. The Morgan fingerprint density at radius 3 is 2.55 bits per heavy atom.